The van der Waals surface area contributed by atoms with Crippen LogP contribution in [0, 0.1) is 0 Å². The van der Waals surface area contributed by atoms with Gasteiger partial charge in [-0.2, -0.15) is 0 Å². The van der Waals surface area contributed by atoms with E-state index >= 15 is 0 Å². The first kappa shape index (κ1) is 28.6. The molecule has 3 aliphatic rings. The van der Waals surface area contributed by atoms with Gasteiger partial charge in [-0.15, -0.1) is 0 Å². The molecule has 0 fully saturated rings. The van der Waals surface area contributed by atoms with E-state index in [4.69, 9.17) is 14.2 Å². The first-order chi connectivity index (χ1) is 19.6. The van der Waals surface area contributed by atoms with Gasteiger partial charge in [-0.3, -0.25) is 14.4 Å². The summed E-state index contributed by atoms with van der Waals surface area (Å²) in [7, 11) is 1.33. The number of aliphatic hydroxyl groups is 3. The van der Waals surface area contributed by atoms with Crippen LogP contribution in [0.5, 0.6) is 17.2 Å². The molecule has 0 bridgehead atoms. The summed E-state index contributed by atoms with van der Waals surface area (Å²) >= 11 is 0. The van der Waals surface area contributed by atoms with Crippen LogP contribution in [0.25, 0.3) is 0 Å². The van der Waals surface area contributed by atoms with Crippen LogP contribution in [-0.2, 0) is 20.7 Å². The average Bonchev–Trinajstić information content (AvgIpc) is 2.96. The van der Waals surface area contributed by atoms with Gasteiger partial charge >= 0.3 is 0 Å². The third kappa shape index (κ3) is 4.62. The predicted octanol–water partition coefficient (Wildman–Crippen LogP) is 1.69. The van der Waals surface area contributed by atoms with E-state index in [1.807, 2.05) is 6.92 Å². The number of Topliss-reactive ketones (excluding diaryl/α,β-unsaturated/α-hetero) is 1. The van der Waals surface area contributed by atoms with Gasteiger partial charge in [0.25, 0.3) is 0 Å². The Balaban J connectivity index is 1.64. The van der Waals surface area contributed by atoms with E-state index in [0.717, 1.165) is 12.7 Å². The van der Waals surface area contributed by atoms with Gasteiger partial charge in [0.15, 0.2) is 11.6 Å². The summed E-state index contributed by atoms with van der Waals surface area (Å²) in [6.45, 7) is 1.53. The first-order valence-corrected chi connectivity index (χ1v) is 13.2. The number of aliphatic hydroxyl groups excluding tert-OH is 2. The summed E-state index contributed by atoms with van der Waals surface area (Å²) in [4.78, 5) is 39.9. The summed E-state index contributed by atoms with van der Waals surface area (Å²) in [5.74, 6) is -3.78. The molecule has 4 atom stereocenters. The second-order valence-electron chi connectivity index (χ2n) is 10.3. The quantitative estimate of drug-likeness (QED) is 0.216. The molecule has 0 saturated heterocycles. The van der Waals surface area contributed by atoms with Crippen LogP contribution in [-0.4, -0.2) is 81.1 Å². The molecule has 0 radical (unpaired) electrons. The summed E-state index contributed by atoms with van der Waals surface area (Å²) in [5.41, 5.74) is -3.57. The molecular formula is C29H31NO11. The van der Waals surface area contributed by atoms with Crippen LogP contribution in [0.15, 0.2) is 30.2 Å². The van der Waals surface area contributed by atoms with Crippen LogP contribution >= 0.6 is 0 Å². The largest absolute Gasteiger partial charge is 0.507 e. The summed E-state index contributed by atoms with van der Waals surface area (Å²) < 4.78 is 16.9. The second-order valence-corrected chi connectivity index (χ2v) is 10.3. The van der Waals surface area contributed by atoms with Crippen LogP contribution in [0.4, 0.5) is 0 Å². The first-order valence-electron chi connectivity index (χ1n) is 13.2. The van der Waals surface area contributed by atoms with Crippen LogP contribution < -0.4 is 10.1 Å². The fourth-order valence-corrected chi connectivity index (χ4v) is 5.77. The number of aromatic hydroxyl groups is 2. The smallest absolute Gasteiger partial charge is 0.202 e. The van der Waals surface area contributed by atoms with Crippen molar-refractivity contribution in [3.8, 4) is 17.2 Å². The lowest BCUT2D eigenvalue weighted by Gasteiger charge is -2.40. The van der Waals surface area contributed by atoms with Gasteiger partial charge in [-0.25, -0.2) is 0 Å². The molecule has 2 aliphatic carbocycles. The normalized spacial score (nSPS) is 25.0. The van der Waals surface area contributed by atoms with Gasteiger partial charge in [0.2, 0.25) is 12.1 Å². The van der Waals surface area contributed by atoms with Crippen molar-refractivity contribution in [2.24, 2.45) is 0 Å². The number of phenols is 2. The molecule has 41 heavy (non-hydrogen) atoms. The molecular weight excluding hydrogens is 538 g/mol. The zero-order valence-electron chi connectivity index (χ0n) is 22.5. The number of rotatable bonds is 8. The Morgan fingerprint density at radius 1 is 1.12 bits per heavy atom. The lowest BCUT2D eigenvalue weighted by molar-refractivity contribution is -0.181. The Morgan fingerprint density at radius 3 is 2.54 bits per heavy atom. The number of nitrogens with one attached hydrogen (secondary N) is 1. The van der Waals surface area contributed by atoms with Crippen molar-refractivity contribution >= 4 is 17.3 Å². The van der Waals surface area contributed by atoms with Crippen molar-refractivity contribution in [3.05, 3.63) is 63.6 Å². The van der Waals surface area contributed by atoms with Crippen molar-refractivity contribution in [1.82, 2.24) is 5.32 Å². The molecule has 12 nitrogen and oxygen atoms in total. The molecule has 0 spiro atoms. The number of ether oxygens (including phenoxy) is 3. The minimum absolute atomic E-state index is 0.0466. The third-order valence-corrected chi connectivity index (χ3v) is 7.82. The van der Waals surface area contributed by atoms with Gasteiger partial charge < -0.3 is 45.1 Å². The lowest BCUT2D eigenvalue weighted by atomic mass is 9.72. The number of ketones is 3. The maximum atomic E-state index is 13.7. The van der Waals surface area contributed by atoms with Crippen LogP contribution in [0.1, 0.15) is 75.3 Å². The molecule has 3 unspecified atom stereocenters. The number of hydrogen-bond acceptors (Lipinski definition) is 12. The van der Waals surface area contributed by atoms with Crippen LogP contribution in [0.3, 0.4) is 0 Å². The highest BCUT2D eigenvalue weighted by Crippen LogP contribution is 2.52. The number of phenolic OH excluding ortho intramolecular Hbond substituents is 2. The van der Waals surface area contributed by atoms with E-state index in [9.17, 15) is 39.9 Å². The highest BCUT2D eigenvalue weighted by molar-refractivity contribution is 6.31. The number of methoxy groups -OCH3 is 1. The molecule has 0 saturated carbocycles. The van der Waals surface area contributed by atoms with E-state index in [1.54, 1.807) is 0 Å². The number of carbonyl (C=O) groups excluding carboxylic acids is 3. The van der Waals surface area contributed by atoms with E-state index in [1.165, 1.54) is 25.3 Å². The molecule has 218 valence electrons. The monoisotopic (exact) mass is 569 g/mol. The zero-order valence-corrected chi connectivity index (χ0v) is 22.5. The molecule has 12 heteroatoms. The molecule has 2 aromatic rings. The number of hydrogen-bond donors (Lipinski definition) is 6. The Morgan fingerprint density at radius 2 is 1.85 bits per heavy atom. The Kier molecular flexibility index (Phi) is 7.51. The standard InChI is InChI=1S/C29H31NO11/c1-3-7-30-15-8-20(40-12-16(15)32)41-18-10-29(38,19(33)11-31)9-14-22(18)28(37)24-23(26(14)35)25(34)13-5-4-6-17(39-2)21(13)27(24)36/h4-6,12,15,18,20,30-32,35,37-38H,3,7-11H2,1-2H3/t15?,18?,20?,29-/m0/s1. The molecule has 1 aliphatic heterocycles. The topological polar surface area (TPSA) is 192 Å². The maximum absolute atomic E-state index is 13.7. The number of benzene rings is 2. The summed E-state index contributed by atoms with van der Waals surface area (Å²) in [6.07, 6.45) is -1.39. The SMILES string of the molecule is CCCNC1CC(OC2C[C@](O)(C(=O)CO)Cc3c(O)c4c(c(O)c32)C(=O)c2c(OC)cccc2C4=O)OC=C1O. The molecule has 1 heterocycles. The highest BCUT2D eigenvalue weighted by atomic mass is 16.7. The van der Waals surface area contributed by atoms with Crippen molar-refractivity contribution in [2.75, 3.05) is 20.3 Å². The lowest BCUT2D eigenvalue weighted by Crippen LogP contribution is -2.48. The molecule has 6 N–H and O–H groups in total. The fraction of sp³-hybridized carbons (Fsp3) is 0.414. The van der Waals surface area contributed by atoms with Gasteiger partial charge in [-0.1, -0.05) is 19.1 Å². The van der Waals surface area contributed by atoms with Crippen molar-refractivity contribution < 1.29 is 54.1 Å². The van der Waals surface area contributed by atoms with Crippen molar-refractivity contribution in [3.63, 3.8) is 0 Å². The van der Waals surface area contributed by atoms with E-state index in [2.05, 4.69) is 5.32 Å². The van der Waals surface area contributed by atoms with Gasteiger partial charge in [0, 0.05) is 36.0 Å². The number of carbonyl (C=O) groups is 3. The van der Waals surface area contributed by atoms with E-state index in [0.29, 0.717) is 6.54 Å². The Bertz CT molecular complexity index is 1470. The van der Waals surface area contributed by atoms with Gasteiger partial charge in [-0.05, 0) is 19.0 Å². The molecule has 0 amide bonds. The zero-order chi connectivity index (χ0) is 29.6. The maximum Gasteiger partial charge on any atom is 0.202 e. The predicted molar refractivity (Wildman–Crippen MR) is 141 cm³/mol. The van der Waals surface area contributed by atoms with E-state index < -0.39 is 83.5 Å². The van der Waals surface area contributed by atoms with E-state index in [-0.39, 0.29) is 40.2 Å². The fourth-order valence-electron chi connectivity index (χ4n) is 5.77. The molecule has 2 aromatic carbocycles. The van der Waals surface area contributed by atoms with Gasteiger partial charge in [0.05, 0.1) is 35.9 Å². The Hall–Kier alpha value is -3.97. The number of fused-ring (bicyclic) bond motifs is 3. The minimum atomic E-state index is -2.24. The summed E-state index contributed by atoms with van der Waals surface area (Å²) in [5, 5.41) is 57.1. The van der Waals surface area contributed by atoms with Gasteiger partial charge in [0.1, 0.15) is 41.5 Å². The Labute approximate surface area is 234 Å². The highest BCUT2D eigenvalue weighted by Gasteiger charge is 2.49. The molecule has 5 rings (SSSR count). The third-order valence-electron chi connectivity index (χ3n) is 7.82. The minimum Gasteiger partial charge on any atom is -0.507 e. The van der Waals surface area contributed by atoms with Crippen LogP contribution in [0.2, 0.25) is 0 Å². The van der Waals surface area contributed by atoms with Crippen molar-refractivity contribution in [1.29, 1.82) is 0 Å². The van der Waals surface area contributed by atoms with Crippen molar-refractivity contribution in [2.45, 2.75) is 56.6 Å². The average molecular weight is 570 g/mol. The summed E-state index contributed by atoms with van der Waals surface area (Å²) in [6, 6.07) is 3.86. The molecule has 0 aromatic heterocycles. The second kappa shape index (κ2) is 10.8.